The first-order chi connectivity index (χ1) is 12.6. The van der Waals surface area contributed by atoms with E-state index in [1.54, 1.807) is 11.0 Å². The predicted molar refractivity (Wildman–Crippen MR) is 89.6 cm³/mol. The van der Waals surface area contributed by atoms with Gasteiger partial charge in [-0.2, -0.15) is 0 Å². The van der Waals surface area contributed by atoms with Crippen molar-refractivity contribution in [1.29, 1.82) is 0 Å². The van der Waals surface area contributed by atoms with E-state index in [1.807, 2.05) is 18.2 Å². The molecule has 0 radical (unpaired) electrons. The minimum Gasteiger partial charge on any atom is -0.476 e. The lowest BCUT2D eigenvalue weighted by Gasteiger charge is -2.32. The topological polar surface area (TPSA) is 114 Å². The highest BCUT2D eigenvalue weighted by Gasteiger charge is 2.28. The Morgan fingerprint density at radius 2 is 2.15 bits per heavy atom. The first-order valence-electron chi connectivity index (χ1n) is 8.39. The Labute approximate surface area is 148 Å². The molecule has 4 rings (SSSR count). The molecule has 26 heavy (non-hydrogen) atoms. The van der Waals surface area contributed by atoms with Crippen LogP contribution in [0.15, 0.2) is 35.0 Å². The minimum atomic E-state index is -1.10. The van der Waals surface area contributed by atoms with Gasteiger partial charge in [0, 0.05) is 19.6 Å². The number of carboxylic acids is 1. The number of rotatable bonds is 4. The molecule has 1 aliphatic rings. The van der Waals surface area contributed by atoms with Gasteiger partial charge in [-0.15, -0.1) is 5.10 Å². The van der Waals surface area contributed by atoms with E-state index >= 15 is 0 Å². The number of carbonyl (C=O) groups excluding carboxylic acids is 1. The Morgan fingerprint density at radius 1 is 1.31 bits per heavy atom. The molecule has 0 saturated carbocycles. The summed E-state index contributed by atoms with van der Waals surface area (Å²) in [5, 5.41) is 21.0. The second-order valence-corrected chi connectivity index (χ2v) is 6.42. The number of likely N-dealkylation sites (tertiary alicyclic amines) is 1. The summed E-state index contributed by atoms with van der Waals surface area (Å²) in [6, 6.07) is 7.32. The van der Waals surface area contributed by atoms with Gasteiger partial charge in [0.1, 0.15) is 5.52 Å². The van der Waals surface area contributed by atoms with Crippen LogP contribution in [0.3, 0.4) is 0 Å². The van der Waals surface area contributed by atoms with Gasteiger partial charge in [0.05, 0.1) is 11.6 Å². The summed E-state index contributed by atoms with van der Waals surface area (Å²) in [4.78, 5) is 25.5. The van der Waals surface area contributed by atoms with Gasteiger partial charge in [-0.1, -0.05) is 22.5 Å². The number of nitrogens with zero attached hydrogens (tertiary/aromatic N) is 5. The Kier molecular flexibility index (Phi) is 4.11. The summed E-state index contributed by atoms with van der Waals surface area (Å²) in [6.45, 7) is 1.72. The van der Waals surface area contributed by atoms with Crippen LogP contribution in [0.5, 0.6) is 0 Å². The molecule has 134 valence electrons. The smallest absolute Gasteiger partial charge is 0.358 e. The molecule has 0 unspecified atom stereocenters. The van der Waals surface area contributed by atoms with Crippen molar-refractivity contribution in [2.75, 3.05) is 13.1 Å². The number of carbonyl (C=O) groups is 2. The molecule has 1 N–H and O–H groups in total. The standard InChI is InChI=1S/C17H17N5O4/c23-16(15-12-5-1-2-6-13(12)19-26-15)21-7-3-4-11(8-21)9-22-10-14(17(24)25)18-20-22/h1-2,5-6,10-11H,3-4,7-9H2,(H,24,25)/t11-/m0/s1. The number of aromatic nitrogens is 4. The average molecular weight is 355 g/mol. The Bertz CT molecular complexity index is 963. The van der Waals surface area contributed by atoms with Crippen LogP contribution in [0.25, 0.3) is 10.9 Å². The number of hydrogen-bond acceptors (Lipinski definition) is 6. The maximum atomic E-state index is 12.8. The van der Waals surface area contributed by atoms with Gasteiger partial charge < -0.3 is 14.5 Å². The lowest BCUT2D eigenvalue weighted by atomic mass is 9.97. The Hall–Kier alpha value is -3.23. The second-order valence-electron chi connectivity index (χ2n) is 6.42. The van der Waals surface area contributed by atoms with E-state index in [4.69, 9.17) is 9.63 Å². The summed E-state index contributed by atoms with van der Waals surface area (Å²) >= 11 is 0. The van der Waals surface area contributed by atoms with Crippen LogP contribution < -0.4 is 0 Å². The number of benzene rings is 1. The molecule has 1 atom stereocenters. The fourth-order valence-corrected chi connectivity index (χ4v) is 3.34. The van der Waals surface area contributed by atoms with Crippen molar-refractivity contribution < 1.29 is 19.2 Å². The number of aromatic carboxylic acids is 1. The molecule has 1 fully saturated rings. The van der Waals surface area contributed by atoms with Crippen molar-refractivity contribution in [2.24, 2.45) is 5.92 Å². The molecule has 1 saturated heterocycles. The number of hydrogen-bond donors (Lipinski definition) is 1. The Balaban J connectivity index is 1.47. The molecule has 1 aromatic carbocycles. The van der Waals surface area contributed by atoms with E-state index in [-0.39, 0.29) is 23.3 Å². The molecule has 1 aliphatic heterocycles. The van der Waals surface area contributed by atoms with E-state index in [2.05, 4.69) is 15.5 Å². The van der Waals surface area contributed by atoms with Crippen LogP contribution in [0.2, 0.25) is 0 Å². The van der Waals surface area contributed by atoms with Gasteiger partial charge in [-0.05, 0) is 30.9 Å². The third-order valence-electron chi connectivity index (χ3n) is 4.59. The summed E-state index contributed by atoms with van der Waals surface area (Å²) in [7, 11) is 0. The average Bonchev–Trinajstić information content (AvgIpc) is 3.28. The third-order valence-corrected chi connectivity index (χ3v) is 4.59. The highest BCUT2D eigenvalue weighted by Crippen LogP contribution is 2.24. The molecular weight excluding hydrogens is 338 g/mol. The lowest BCUT2D eigenvalue weighted by molar-refractivity contribution is 0.0620. The quantitative estimate of drug-likeness (QED) is 0.757. The van der Waals surface area contributed by atoms with E-state index in [9.17, 15) is 9.59 Å². The van der Waals surface area contributed by atoms with Crippen molar-refractivity contribution in [3.8, 4) is 0 Å². The molecule has 0 spiro atoms. The normalized spacial score (nSPS) is 17.5. The fourth-order valence-electron chi connectivity index (χ4n) is 3.34. The van der Waals surface area contributed by atoms with Crippen molar-refractivity contribution in [3.05, 3.63) is 41.9 Å². The molecule has 0 aliphatic carbocycles. The summed E-state index contributed by atoms with van der Waals surface area (Å²) in [5.74, 6) is -0.845. The molecule has 3 aromatic rings. The third kappa shape index (κ3) is 3.03. The Morgan fingerprint density at radius 3 is 2.96 bits per heavy atom. The summed E-state index contributed by atoms with van der Waals surface area (Å²) < 4.78 is 6.80. The van der Waals surface area contributed by atoms with Crippen molar-refractivity contribution >= 4 is 22.8 Å². The highest BCUT2D eigenvalue weighted by molar-refractivity contribution is 6.03. The van der Waals surface area contributed by atoms with Gasteiger partial charge in [0.2, 0.25) is 5.76 Å². The predicted octanol–water partition coefficient (Wildman–Crippen LogP) is 1.67. The van der Waals surface area contributed by atoms with Crippen LogP contribution in [0.1, 0.15) is 33.9 Å². The summed E-state index contributed by atoms with van der Waals surface area (Å²) in [6.07, 6.45) is 3.21. The van der Waals surface area contributed by atoms with E-state index < -0.39 is 5.97 Å². The van der Waals surface area contributed by atoms with Gasteiger partial charge in [-0.25, -0.2) is 4.79 Å². The van der Waals surface area contributed by atoms with E-state index in [1.165, 1.54) is 10.9 Å². The van der Waals surface area contributed by atoms with Gasteiger partial charge in [-0.3, -0.25) is 9.48 Å². The molecule has 0 bridgehead atoms. The zero-order valence-electron chi connectivity index (χ0n) is 13.9. The number of carboxylic acid groups (broad SMARTS) is 1. The molecule has 2 aromatic heterocycles. The molecule has 9 nitrogen and oxygen atoms in total. The number of piperidine rings is 1. The van der Waals surface area contributed by atoms with Crippen LogP contribution in [0, 0.1) is 5.92 Å². The van der Waals surface area contributed by atoms with Crippen molar-refractivity contribution in [3.63, 3.8) is 0 Å². The maximum Gasteiger partial charge on any atom is 0.358 e. The van der Waals surface area contributed by atoms with Crippen LogP contribution in [-0.4, -0.2) is 55.1 Å². The SMILES string of the molecule is O=C(O)c1cn(C[C@H]2CCCN(C(=O)c3onc4ccccc34)C2)nn1. The maximum absolute atomic E-state index is 12.8. The number of fused-ring (bicyclic) bond motifs is 1. The van der Waals surface area contributed by atoms with Gasteiger partial charge in [0.15, 0.2) is 5.69 Å². The molecule has 9 heteroatoms. The van der Waals surface area contributed by atoms with E-state index in [0.717, 1.165) is 12.8 Å². The van der Waals surface area contributed by atoms with E-state index in [0.29, 0.717) is 30.5 Å². The van der Waals surface area contributed by atoms with Crippen LogP contribution in [-0.2, 0) is 6.54 Å². The second kappa shape index (κ2) is 6.58. The van der Waals surface area contributed by atoms with Gasteiger partial charge >= 0.3 is 5.97 Å². The minimum absolute atomic E-state index is 0.0816. The largest absolute Gasteiger partial charge is 0.476 e. The van der Waals surface area contributed by atoms with Crippen molar-refractivity contribution in [2.45, 2.75) is 19.4 Å². The number of amides is 1. The first-order valence-corrected chi connectivity index (χ1v) is 8.39. The zero-order chi connectivity index (χ0) is 18.1. The van der Waals surface area contributed by atoms with Crippen LogP contribution in [0.4, 0.5) is 0 Å². The van der Waals surface area contributed by atoms with Gasteiger partial charge in [0.25, 0.3) is 5.91 Å². The monoisotopic (exact) mass is 355 g/mol. The first kappa shape index (κ1) is 16.2. The zero-order valence-corrected chi connectivity index (χ0v) is 13.9. The lowest BCUT2D eigenvalue weighted by Crippen LogP contribution is -2.41. The van der Waals surface area contributed by atoms with Crippen LogP contribution >= 0.6 is 0 Å². The van der Waals surface area contributed by atoms with Crippen molar-refractivity contribution in [1.82, 2.24) is 25.1 Å². The molecule has 3 heterocycles. The summed E-state index contributed by atoms with van der Waals surface area (Å²) in [5.41, 5.74) is 0.579. The highest BCUT2D eigenvalue weighted by atomic mass is 16.5. The molecule has 1 amide bonds. The molecular formula is C17H17N5O4. The fraction of sp³-hybridized carbons (Fsp3) is 0.353.